The number of carbonyl (C=O) groups excluding carboxylic acids is 2. The highest BCUT2D eigenvalue weighted by atomic mass is 31.2. The van der Waals surface area contributed by atoms with Crippen molar-refractivity contribution in [3.8, 4) is 0 Å². The van der Waals surface area contributed by atoms with Gasteiger partial charge in [-0.2, -0.15) is 9.98 Å². The van der Waals surface area contributed by atoms with Crippen LogP contribution >= 0.6 is 15.6 Å². The van der Waals surface area contributed by atoms with Crippen LogP contribution in [0, 0.1) is 5.41 Å². The van der Waals surface area contributed by atoms with E-state index in [0.717, 1.165) is 6.34 Å². The molecule has 4 N–H and O–H groups in total. The zero-order valence-corrected chi connectivity index (χ0v) is 23.5. The normalized spacial score (nSPS) is 44.2. The molecule has 7 aliphatic rings. The van der Waals surface area contributed by atoms with Crippen LogP contribution < -0.4 is 5.32 Å². The lowest BCUT2D eigenvalue weighted by atomic mass is 10.1. The number of carbonyl (C=O) groups is 2. The van der Waals surface area contributed by atoms with Gasteiger partial charge in [0.15, 0.2) is 24.1 Å². The van der Waals surface area contributed by atoms with Crippen molar-refractivity contribution in [1.29, 1.82) is 5.41 Å². The number of amidine groups is 2. The molecule has 0 aromatic rings. The second-order valence-electron chi connectivity index (χ2n) is 10.1. The van der Waals surface area contributed by atoms with Crippen molar-refractivity contribution >= 4 is 64.1 Å². The quantitative estimate of drug-likeness (QED) is 0.239. The standard InChI is InChI=1S/C20H23N9O12P2/c21-20-26-16-14(18(31)27-20)25-7-29(16)19-10-1-8(38-19)3-36-42(32,33)40-9-2-12(39-11(9)4-37-43(34,35)41-10)28-6-24-13-15(28)22-5-23-17(13)30/h5-14,19H,1-4H2,(H,32,33)(H,34,35)(H2,21,27,31)/t8-,9-,10+,11+,12+,13?,14?,19+/m0/s1. The maximum Gasteiger partial charge on any atom is 0.472 e. The van der Waals surface area contributed by atoms with E-state index in [1.165, 1.54) is 22.5 Å². The molecule has 0 spiro atoms. The van der Waals surface area contributed by atoms with E-state index in [0.29, 0.717) is 0 Å². The SMILES string of the molecule is N=C1N=C2C(N=CN2[C@@H]2O[C@@H]3COP(=O)(O)O[C@H]4C[C@H](N5C=NC6C(=O)N=CN=C65)O[C@@H]4COP(=O)(O)O[C@@H]2C3)C(=O)N1. The second-order valence-corrected chi connectivity index (χ2v) is 12.9. The number of phosphoric acid groups is 2. The van der Waals surface area contributed by atoms with Crippen LogP contribution in [0.25, 0.3) is 0 Å². The van der Waals surface area contributed by atoms with Crippen LogP contribution in [0.5, 0.6) is 0 Å². The maximum absolute atomic E-state index is 13.1. The van der Waals surface area contributed by atoms with E-state index in [-0.39, 0.29) is 24.5 Å². The van der Waals surface area contributed by atoms with Crippen LogP contribution in [0.3, 0.4) is 0 Å². The summed E-state index contributed by atoms with van der Waals surface area (Å²) < 4.78 is 59.3. The summed E-state index contributed by atoms with van der Waals surface area (Å²) in [6.45, 7) is -1.10. The number of phosphoric ester groups is 2. The van der Waals surface area contributed by atoms with Crippen LogP contribution in [-0.4, -0.2) is 130 Å². The Balaban J connectivity index is 1.11. The number of rotatable bonds is 2. The van der Waals surface area contributed by atoms with Gasteiger partial charge in [0, 0.05) is 12.8 Å². The number of fused-ring (bicyclic) bond motifs is 5. The fraction of sp³-hybridized carbons (Fsp3) is 0.600. The van der Waals surface area contributed by atoms with Crippen molar-refractivity contribution in [2.45, 2.75) is 61.8 Å². The Morgan fingerprint density at radius 2 is 1.63 bits per heavy atom. The molecule has 3 fully saturated rings. The van der Waals surface area contributed by atoms with E-state index in [1.54, 1.807) is 0 Å². The van der Waals surface area contributed by atoms with E-state index in [1.807, 2.05) is 0 Å². The third kappa shape index (κ3) is 5.42. The molecule has 43 heavy (non-hydrogen) atoms. The third-order valence-electron chi connectivity index (χ3n) is 7.30. The Bertz CT molecular complexity index is 1520. The van der Waals surface area contributed by atoms with Crippen LogP contribution in [0.2, 0.25) is 0 Å². The first-order valence-corrected chi connectivity index (χ1v) is 15.8. The summed E-state index contributed by atoms with van der Waals surface area (Å²) in [5.74, 6) is -1.32. The lowest BCUT2D eigenvalue weighted by molar-refractivity contribution is -0.120. The van der Waals surface area contributed by atoms with Crippen molar-refractivity contribution in [2.75, 3.05) is 13.2 Å². The lowest BCUT2D eigenvalue weighted by Gasteiger charge is -2.31. The molecule has 2 amide bonds. The molecule has 0 aliphatic carbocycles. The van der Waals surface area contributed by atoms with Gasteiger partial charge in [-0.05, 0) is 0 Å². The highest BCUT2D eigenvalue weighted by Crippen LogP contribution is 2.52. The molecule has 4 unspecified atom stereocenters. The van der Waals surface area contributed by atoms with Gasteiger partial charge in [0.2, 0.25) is 5.96 Å². The van der Waals surface area contributed by atoms with E-state index < -0.39 is 95.6 Å². The molecule has 0 saturated carbocycles. The summed E-state index contributed by atoms with van der Waals surface area (Å²) in [6, 6.07) is -2.04. The number of hydrogen-bond donors (Lipinski definition) is 4. The van der Waals surface area contributed by atoms with Gasteiger partial charge in [-0.25, -0.2) is 14.1 Å². The maximum atomic E-state index is 13.1. The topological polar surface area (TPSA) is 268 Å². The van der Waals surface area contributed by atoms with Crippen molar-refractivity contribution in [3.63, 3.8) is 0 Å². The fourth-order valence-electron chi connectivity index (χ4n) is 5.43. The van der Waals surface area contributed by atoms with Crippen LogP contribution in [0.1, 0.15) is 12.8 Å². The molecule has 0 aromatic heterocycles. The molecular formula is C20H23N9O12P2. The summed E-state index contributed by atoms with van der Waals surface area (Å²) in [5.41, 5.74) is 0. The summed E-state index contributed by atoms with van der Waals surface area (Å²) in [4.78, 5) is 68.0. The first kappa shape index (κ1) is 28.7. The highest BCUT2D eigenvalue weighted by Gasteiger charge is 2.51. The fourth-order valence-corrected chi connectivity index (χ4v) is 7.34. The van der Waals surface area contributed by atoms with Gasteiger partial charge in [-0.15, -0.1) is 0 Å². The Kier molecular flexibility index (Phi) is 7.01. The number of amides is 2. The average molecular weight is 643 g/mol. The Hall–Kier alpha value is -3.10. The van der Waals surface area contributed by atoms with Gasteiger partial charge in [0.05, 0.1) is 32.0 Å². The highest BCUT2D eigenvalue weighted by molar-refractivity contribution is 7.47. The number of nitrogens with zero attached hydrogens (tertiary/aromatic N) is 7. The minimum atomic E-state index is -4.84. The second kappa shape index (κ2) is 10.5. The van der Waals surface area contributed by atoms with Gasteiger partial charge < -0.3 is 19.3 Å². The first-order chi connectivity index (χ1) is 20.5. The Morgan fingerprint density at radius 3 is 2.44 bits per heavy atom. The number of guanidine groups is 1. The van der Waals surface area contributed by atoms with Gasteiger partial charge in [-0.3, -0.25) is 58.2 Å². The van der Waals surface area contributed by atoms with Crippen LogP contribution in [0.15, 0.2) is 25.0 Å². The average Bonchev–Trinajstić information content (AvgIpc) is 3.71. The number of nitrogens with one attached hydrogen (secondary N) is 2. The van der Waals surface area contributed by atoms with E-state index >= 15 is 0 Å². The largest absolute Gasteiger partial charge is 0.472 e. The summed E-state index contributed by atoms with van der Waals surface area (Å²) in [5, 5.41) is 9.98. The van der Waals surface area contributed by atoms with Gasteiger partial charge >= 0.3 is 15.6 Å². The van der Waals surface area contributed by atoms with Crippen molar-refractivity contribution in [3.05, 3.63) is 0 Å². The van der Waals surface area contributed by atoms with E-state index in [9.17, 15) is 28.5 Å². The third-order valence-corrected chi connectivity index (χ3v) is 9.32. The molecule has 10 atom stereocenters. The minimum absolute atomic E-state index is 0.0244. The van der Waals surface area contributed by atoms with E-state index in [4.69, 9.17) is 33.0 Å². The molecular weight excluding hydrogens is 620 g/mol. The molecule has 23 heteroatoms. The Labute approximate surface area is 241 Å². The molecule has 7 heterocycles. The van der Waals surface area contributed by atoms with Crippen molar-refractivity contribution < 1.29 is 56.1 Å². The number of aliphatic imine (C=N–C) groups is 5. The van der Waals surface area contributed by atoms with Crippen molar-refractivity contribution in [1.82, 2.24) is 15.1 Å². The minimum Gasteiger partial charge on any atom is -0.349 e. The lowest BCUT2D eigenvalue weighted by Crippen LogP contribution is -2.52. The van der Waals surface area contributed by atoms with Crippen LogP contribution in [0.4, 0.5) is 0 Å². The monoisotopic (exact) mass is 643 g/mol. The summed E-state index contributed by atoms with van der Waals surface area (Å²) in [7, 11) is -9.60. The molecule has 7 aliphatic heterocycles. The van der Waals surface area contributed by atoms with E-state index in [2.05, 4.69) is 30.3 Å². The zero-order chi connectivity index (χ0) is 30.1. The number of ether oxygens (including phenoxy) is 2. The molecule has 230 valence electrons. The van der Waals surface area contributed by atoms with Crippen molar-refractivity contribution in [2.24, 2.45) is 25.0 Å². The smallest absolute Gasteiger partial charge is 0.349 e. The molecule has 3 saturated heterocycles. The zero-order valence-electron chi connectivity index (χ0n) is 21.7. The summed E-state index contributed by atoms with van der Waals surface area (Å²) >= 11 is 0. The van der Waals surface area contributed by atoms with Gasteiger partial charge in [0.25, 0.3) is 11.8 Å². The molecule has 2 bridgehead atoms. The molecule has 0 radical (unpaired) electrons. The van der Waals surface area contributed by atoms with Gasteiger partial charge in [0.1, 0.15) is 36.7 Å². The number of hydrogen-bond acceptors (Lipinski definition) is 16. The molecule has 21 nitrogen and oxygen atoms in total. The molecule has 0 aromatic carbocycles. The Morgan fingerprint density at radius 1 is 0.907 bits per heavy atom. The predicted molar refractivity (Wildman–Crippen MR) is 140 cm³/mol. The van der Waals surface area contributed by atoms with Crippen LogP contribution in [-0.2, 0) is 46.3 Å². The first-order valence-electron chi connectivity index (χ1n) is 12.8. The molecule has 7 rings (SSSR count). The summed E-state index contributed by atoms with van der Waals surface area (Å²) in [6.07, 6.45) is -3.15. The predicted octanol–water partition coefficient (Wildman–Crippen LogP) is -1.91. The van der Waals surface area contributed by atoms with Gasteiger partial charge in [-0.1, -0.05) is 0 Å².